The van der Waals surface area contributed by atoms with Gasteiger partial charge in [0, 0.05) is 17.8 Å². The first-order valence-corrected chi connectivity index (χ1v) is 7.59. The number of carbonyl (C=O) groups is 1. The van der Waals surface area contributed by atoms with Crippen LogP contribution < -0.4 is 11.1 Å². The molecule has 1 heterocycles. The summed E-state index contributed by atoms with van der Waals surface area (Å²) in [6, 6.07) is 0.815. The number of primary amides is 1. The van der Waals surface area contributed by atoms with Crippen LogP contribution in [0, 0.1) is 13.8 Å². The van der Waals surface area contributed by atoms with Crippen molar-refractivity contribution in [2.45, 2.75) is 70.0 Å². The molecular weight excluding hydrogens is 252 g/mol. The third kappa shape index (κ3) is 2.35. The van der Waals surface area contributed by atoms with E-state index < -0.39 is 5.54 Å². The molecule has 2 atom stereocenters. The second-order valence-corrected chi connectivity index (χ2v) is 6.44. The van der Waals surface area contributed by atoms with Crippen LogP contribution in [0.3, 0.4) is 0 Å². The zero-order valence-electron chi connectivity index (χ0n) is 12.4. The van der Waals surface area contributed by atoms with Crippen LogP contribution >= 0.6 is 0 Å². The number of aryl methyl sites for hydroxylation is 1. The molecule has 1 aromatic rings. The van der Waals surface area contributed by atoms with Gasteiger partial charge in [-0.05, 0) is 52.4 Å². The monoisotopic (exact) mass is 276 g/mol. The van der Waals surface area contributed by atoms with E-state index in [0.29, 0.717) is 12.1 Å². The first kappa shape index (κ1) is 13.6. The Kier molecular flexibility index (Phi) is 3.32. The van der Waals surface area contributed by atoms with E-state index in [1.165, 1.54) is 18.5 Å². The van der Waals surface area contributed by atoms with Gasteiger partial charge >= 0.3 is 0 Å². The normalized spacial score (nSPS) is 30.4. The van der Waals surface area contributed by atoms with Crippen molar-refractivity contribution in [2.24, 2.45) is 5.73 Å². The van der Waals surface area contributed by atoms with Gasteiger partial charge in [-0.1, -0.05) is 0 Å². The van der Waals surface area contributed by atoms with Gasteiger partial charge in [0.25, 0.3) is 0 Å². The van der Waals surface area contributed by atoms with Gasteiger partial charge < -0.3 is 15.6 Å². The number of rotatable bonds is 4. The minimum absolute atomic E-state index is 0.191. The molecule has 5 nitrogen and oxygen atoms in total. The zero-order valence-corrected chi connectivity index (χ0v) is 12.4. The molecule has 2 fully saturated rings. The molecule has 110 valence electrons. The summed E-state index contributed by atoms with van der Waals surface area (Å²) in [7, 11) is 0. The molecule has 2 saturated carbocycles. The molecule has 0 radical (unpaired) electrons. The lowest BCUT2D eigenvalue weighted by atomic mass is 9.78. The maximum atomic E-state index is 12.0. The summed E-state index contributed by atoms with van der Waals surface area (Å²) in [4.78, 5) is 16.4. The molecule has 0 spiro atoms. The lowest BCUT2D eigenvalue weighted by molar-refractivity contribution is -0.126. The maximum absolute atomic E-state index is 12.0. The minimum atomic E-state index is -0.519. The summed E-state index contributed by atoms with van der Waals surface area (Å²) in [6.45, 7) is 4.12. The van der Waals surface area contributed by atoms with Crippen LogP contribution in [0.25, 0.3) is 0 Å². The van der Waals surface area contributed by atoms with E-state index in [9.17, 15) is 4.79 Å². The highest BCUT2D eigenvalue weighted by Gasteiger charge is 2.45. The topological polar surface area (TPSA) is 72.9 Å². The molecule has 3 N–H and O–H groups in total. The molecule has 5 heteroatoms. The van der Waals surface area contributed by atoms with Crippen LogP contribution in [-0.4, -0.2) is 27.0 Å². The fraction of sp³-hybridized carbons (Fsp3) is 0.733. The quantitative estimate of drug-likeness (QED) is 0.877. The summed E-state index contributed by atoms with van der Waals surface area (Å²) in [5.74, 6) is -0.191. The van der Waals surface area contributed by atoms with Crippen LogP contribution in [0.5, 0.6) is 0 Å². The summed E-state index contributed by atoms with van der Waals surface area (Å²) in [5.41, 5.74) is 7.48. The molecule has 2 aliphatic carbocycles. The van der Waals surface area contributed by atoms with E-state index in [0.717, 1.165) is 31.4 Å². The third-order valence-corrected chi connectivity index (χ3v) is 4.93. The van der Waals surface area contributed by atoms with Gasteiger partial charge in [-0.25, -0.2) is 4.98 Å². The van der Waals surface area contributed by atoms with Crippen molar-refractivity contribution in [3.63, 3.8) is 0 Å². The van der Waals surface area contributed by atoms with Crippen LogP contribution in [0.4, 0.5) is 0 Å². The molecule has 20 heavy (non-hydrogen) atoms. The number of hydrogen-bond acceptors (Lipinski definition) is 3. The Balaban J connectivity index is 1.83. The van der Waals surface area contributed by atoms with Crippen molar-refractivity contribution < 1.29 is 4.79 Å². The highest BCUT2D eigenvalue weighted by atomic mass is 16.1. The third-order valence-electron chi connectivity index (χ3n) is 4.93. The van der Waals surface area contributed by atoms with Gasteiger partial charge in [0.2, 0.25) is 5.91 Å². The van der Waals surface area contributed by atoms with Crippen LogP contribution in [0.1, 0.15) is 56.0 Å². The number of carbonyl (C=O) groups excluding carboxylic acids is 1. The second-order valence-electron chi connectivity index (χ2n) is 6.44. The molecule has 0 bridgehead atoms. The smallest absolute Gasteiger partial charge is 0.237 e. The molecule has 1 amide bonds. The number of nitrogens with zero attached hydrogens (tertiary/aromatic N) is 2. The van der Waals surface area contributed by atoms with Gasteiger partial charge in [-0.15, -0.1) is 0 Å². The summed E-state index contributed by atoms with van der Waals surface area (Å²) in [6.07, 6.45) is 8.02. The Morgan fingerprint density at radius 2 is 2.20 bits per heavy atom. The lowest BCUT2D eigenvalue weighted by Crippen LogP contribution is -2.58. The standard InChI is InChI=1S/C15H24N4O/c1-10-11(2)19(9-17-10)13-4-3-7-15(8-13,14(16)20)18-12-5-6-12/h9,12-13,18H,3-8H2,1-2H3,(H2,16,20). The van der Waals surface area contributed by atoms with Gasteiger partial charge in [0.15, 0.2) is 0 Å². The minimum Gasteiger partial charge on any atom is -0.368 e. The molecule has 0 aromatic carbocycles. The first-order chi connectivity index (χ1) is 9.52. The number of nitrogens with one attached hydrogen (secondary N) is 1. The van der Waals surface area contributed by atoms with Crippen LogP contribution in [-0.2, 0) is 4.79 Å². The number of hydrogen-bond donors (Lipinski definition) is 2. The Bertz CT molecular complexity index is 520. The Morgan fingerprint density at radius 1 is 1.45 bits per heavy atom. The first-order valence-electron chi connectivity index (χ1n) is 7.59. The second kappa shape index (κ2) is 4.88. The number of aromatic nitrogens is 2. The fourth-order valence-corrected chi connectivity index (χ4v) is 3.41. The Hall–Kier alpha value is -1.36. The van der Waals surface area contributed by atoms with Crippen LogP contribution in [0.15, 0.2) is 6.33 Å². The SMILES string of the molecule is Cc1ncn(C2CCCC(NC3CC3)(C(N)=O)C2)c1C. The molecule has 2 unspecified atom stereocenters. The predicted octanol–water partition coefficient (Wildman–Crippen LogP) is 1.59. The molecule has 0 saturated heterocycles. The van der Waals surface area contributed by atoms with Crippen LogP contribution in [0.2, 0.25) is 0 Å². The molecular formula is C15H24N4O. The van der Waals surface area contributed by atoms with Gasteiger partial charge in [-0.3, -0.25) is 4.79 Å². The highest BCUT2D eigenvalue weighted by molar-refractivity contribution is 5.85. The van der Waals surface area contributed by atoms with E-state index in [1.807, 2.05) is 13.3 Å². The van der Waals surface area contributed by atoms with E-state index >= 15 is 0 Å². The van der Waals surface area contributed by atoms with E-state index in [1.54, 1.807) is 0 Å². The molecule has 3 rings (SSSR count). The number of amides is 1. The van der Waals surface area contributed by atoms with Crippen molar-refractivity contribution >= 4 is 5.91 Å². The van der Waals surface area contributed by atoms with E-state index in [2.05, 4.69) is 21.8 Å². The summed E-state index contributed by atoms with van der Waals surface area (Å²) in [5, 5.41) is 3.52. The average molecular weight is 276 g/mol. The van der Waals surface area contributed by atoms with E-state index in [-0.39, 0.29) is 5.91 Å². The largest absolute Gasteiger partial charge is 0.368 e. The maximum Gasteiger partial charge on any atom is 0.237 e. The van der Waals surface area contributed by atoms with Gasteiger partial charge in [-0.2, -0.15) is 0 Å². The van der Waals surface area contributed by atoms with E-state index in [4.69, 9.17) is 5.73 Å². The molecule has 1 aromatic heterocycles. The van der Waals surface area contributed by atoms with Crippen molar-refractivity contribution in [1.29, 1.82) is 0 Å². The zero-order chi connectivity index (χ0) is 14.3. The van der Waals surface area contributed by atoms with Crippen molar-refractivity contribution in [3.8, 4) is 0 Å². The number of imidazole rings is 1. The molecule has 2 aliphatic rings. The lowest BCUT2D eigenvalue weighted by Gasteiger charge is -2.40. The highest BCUT2D eigenvalue weighted by Crippen LogP contribution is 2.38. The number of nitrogens with two attached hydrogens (primary N) is 1. The van der Waals surface area contributed by atoms with Gasteiger partial charge in [0.1, 0.15) is 0 Å². The van der Waals surface area contributed by atoms with Crippen molar-refractivity contribution in [2.75, 3.05) is 0 Å². The fourth-order valence-electron chi connectivity index (χ4n) is 3.41. The average Bonchev–Trinajstić information content (AvgIpc) is 3.16. The Morgan fingerprint density at radius 3 is 2.75 bits per heavy atom. The van der Waals surface area contributed by atoms with Crippen molar-refractivity contribution in [3.05, 3.63) is 17.7 Å². The molecule has 0 aliphatic heterocycles. The predicted molar refractivity (Wildman–Crippen MR) is 77.3 cm³/mol. The Labute approximate surface area is 119 Å². The van der Waals surface area contributed by atoms with Crippen molar-refractivity contribution in [1.82, 2.24) is 14.9 Å². The summed E-state index contributed by atoms with van der Waals surface area (Å²) >= 11 is 0. The van der Waals surface area contributed by atoms with Gasteiger partial charge in [0.05, 0.1) is 17.6 Å². The summed E-state index contributed by atoms with van der Waals surface area (Å²) < 4.78 is 2.22.